The Kier molecular flexibility index (Phi) is 5.73. The van der Waals surface area contributed by atoms with Gasteiger partial charge in [0.2, 0.25) is 5.16 Å². The average molecular weight is 466 g/mol. The third-order valence-electron chi connectivity index (χ3n) is 5.18. The summed E-state index contributed by atoms with van der Waals surface area (Å²) in [6.07, 6.45) is 0.579. The number of Topliss-reactive ketones (excluding diaryl/α,β-unsaturated/α-hetero) is 1. The molecule has 4 rings (SSSR count). The Hall–Kier alpha value is -2.17. The lowest BCUT2D eigenvalue weighted by Crippen LogP contribution is -2.14. The first kappa shape index (κ1) is 21.1. The lowest BCUT2D eigenvalue weighted by atomic mass is 10.2. The monoisotopic (exact) mass is 465 g/mol. The average Bonchev–Trinajstić information content (AvgIpc) is 3.37. The topological polar surface area (TPSA) is 99.7 Å². The Labute approximate surface area is 183 Å². The van der Waals surface area contributed by atoms with E-state index in [4.69, 9.17) is 11.6 Å². The Bertz CT molecular complexity index is 1220. The van der Waals surface area contributed by atoms with Gasteiger partial charge in [0.25, 0.3) is 0 Å². The van der Waals surface area contributed by atoms with Crippen LogP contribution in [0.2, 0.25) is 5.02 Å². The van der Waals surface area contributed by atoms with Crippen molar-refractivity contribution in [1.82, 2.24) is 24.8 Å². The molecule has 0 spiro atoms. The van der Waals surface area contributed by atoms with Crippen LogP contribution < -0.4 is 0 Å². The van der Waals surface area contributed by atoms with Gasteiger partial charge in [-0.3, -0.25) is 4.79 Å². The molecule has 0 bridgehead atoms. The number of carbonyl (C=O) groups excluding carboxylic acids is 1. The normalized spacial score (nSPS) is 18.0. The van der Waals surface area contributed by atoms with Crippen LogP contribution in [0.4, 0.5) is 0 Å². The molecule has 0 N–H and O–H groups in total. The van der Waals surface area contributed by atoms with Crippen LogP contribution in [-0.2, 0) is 9.84 Å². The number of benzene rings is 1. The molecule has 158 valence electrons. The predicted molar refractivity (Wildman–Crippen MR) is 115 cm³/mol. The SMILES string of the molecule is Cc1cc(C(=O)CSc2nnnn2-c2cccc(Cl)c2)c(C)n1[C@H]1CCS(=O)(=O)C1. The van der Waals surface area contributed by atoms with Gasteiger partial charge < -0.3 is 4.57 Å². The summed E-state index contributed by atoms with van der Waals surface area (Å²) in [7, 11) is -3.01. The number of tetrazole rings is 1. The number of carbonyl (C=O) groups is 1. The van der Waals surface area contributed by atoms with Gasteiger partial charge >= 0.3 is 0 Å². The van der Waals surface area contributed by atoms with E-state index in [0.29, 0.717) is 27.9 Å². The van der Waals surface area contributed by atoms with E-state index in [-0.39, 0.29) is 29.1 Å². The van der Waals surface area contributed by atoms with E-state index in [0.717, 1.165) is 11.4 Å². The van der Waals surface area contributed by atoms with Crippen molar-refractivity contribution in [3.8, 4) is 5.69 Å². The summed E-state index contributed by atoms with van der Waals surface area (Å²) in [6, 6.07) is 8.86. The molecule has 1 aromatic carbocycles. The first-order valence-electron chi connectivity index (χ1n) is 9.34. The molecule has 8 nitrogen and oxygen atoms in total. The number of hydrogen-bond acceptors (Lipinski definition) is 7. The summed E-state index contributed by atoms with van der Waals surface area (Å²) in [5, 5.41) is 12.8. The highest BCUT2D eigenvalue weighted by Gasteiger charge is 2.31. The summed E-state index contributed by atoms with van der Waals surface area (Å²) >= 11 is 7.29. The zero-order valence-corrected chi connectivity index (χ0v) is 18.8. The highest BCUT2D eigenvalue weighted by molar-refractivity contribution is 7.99. The number of hydrogen-bond donors (Lipinski definition) is 0. The molecule has 1 saturated heterocycles. The van der Waals surface area contributed by atoms with Crippen molar-refractivity contribution in [2.75, 3.05) is 17.3 Å². The van der Waals surface area contributed by atoms with Crippen LogP contribution in [-0.4, -0.2) is 56.2 Å². The van der Waals surface area contributed by atoms with Gasteiger partial charge in [-0.05, 0) is 55.0 Å². The van der Waals surface area contributed by atoms with Gasteiger partial charge in [0.15, 0.2) is 15.6 Å². The van der Waals surface area contributed by atoms with Crippen LogP contribution in [0.5, 0.6) is 0 Å². The maximum atomic E-state index is 12.9. The van der Waals surface area contributed by atoms with Crippen molar-refractivity contribution in [2.24, 2.45) is 0 Å². The quantitative estimate of drug-likeness (QED) is 0.407. The number of sulfone groups is 1. The molecule has 1 atom stereocenters. The summed E-state index contributed by atoms with van der Waals surface area (Å²) in [5.74, 6) is 0.426. The molecule has 0 saturated carbocycles. The molecular formula is C19H20ClN5O3S2. The van der Waals surface area contributed by atoms with Gasteiger partial charge in [0.05, 0.1) is 22.9 Å². The molecule has 0 aliphatic carbocycles. The van der Waals surface area contributed by atoms with Crippen LogP contribution >= 0.6 is 23.4 Å². The predicted octanol–water partition coefficient (Wildman–Crippen LogP) is 3.07. The molecule has 1 fully saturated rings. The maximum Gasteiger partial charge on any atom is 0.214 e. The summed E-state index contributed by atoms with van der Waals surface area (Å²) in [6.45, 7) is 3.77. The second-order valence-electron chi connectivity index (χ2n) is 7.28. The van der Waals surface area contributed by atoms with Gasteiger partial charge in [-0.15, -0.1) is 5.10 Å². The van der Waals surface area contributed by atoms with Crippen LogP contribution in [0, 0.1) is 13.8 Å². The number of halogens is 1. The van der Waals surface area contributed by atoms with Crippen molar-refractivity contribution in [2.45, 2.75) is 31.5 Å². The van der Waals surface area contributed by atoms with Gasteiger partial charge in [-0.2, -0.15) is 4.68 Å². The Morgan fingerprint density at radius 3 is 2.80 bits per heavy atom. The number of thioether (sulfide) groups is 1. The van der Waals surface area contributed by atoms with E-state index in [9.17, 15) is 13.2 Å². The van der Waals surface area contributed by atoms with Crippen molar-refractivity contribution in [3.05, 3.63) is 52.3 Å². The second kappa shape index (κ2) is 8.16. The second-order valence-corrected chi connectivity index (χ2v) is 10.9. The molecule has 2 aromatic heterocycles. The van der Waals surface area contributed by atoms with Crippen molar-refractivity contribution in [1.29, 1.82) is 0 Å². The Morgan fingerprint density at radius 1 is 1.30 bits per heavy atom. The zero-order chi connectivity index (χ0) is 21.5. The van der Waals surface area contributed by atoms with Gasteiger partial charge in [-0.1, -0.05) is 29.4 Å². The van der Waals surface area contributed by atoms with E-state index in [1.54, 1.807) is 18.2 Å². The van der Waals surface area contributed by atoms with Gasteiger partial charge in [0.1, 0.15) is 0 Å². The van der Waals surface area contributed by atoms with Crippen molar-refractivity contribution >= 4 is 39.0 Å². The van der Waals surface area contributed by atoms with E-state index in [1.165, 1.54) is 16.4 Å². The minimum Gasteiger partial charge on any atom is -0.344 e. The summed E-state index contributed by atoms with van der Waals surface area (Å²) in [5.41, 5.74) is 3.01. The number of nitrogens with zero attached hydrogens (tertiary/aromatic N) is 5. The summed E-state index contributed by atoms with van der Waals surface area (Å²) in [4.78, 5) is 12.9. The highest BCUT2D eigenvalue weighted by Crippen LogP contribution is 2.30. The minimum absolute atomic E-state index is 0.0548. The van der Waals surface area contributed by atoms with Crippen molar-refractivity contribution < 1.29 is 13.2 Å². The van der Waals surface area contributed by atoms with Gasteiger partial charge in [0, 0.05) is 28.0 Å². The number of ketones is 1. The standard InChI is InChI=1S/C19H20ClN5O3S2/c1-12-8-17(13(2)24(12)16-6-7-30(27,28)11-16)18(26)10-29-19-21-22-23-25(19)15-5-3-4-14(20)9-15/h3-5,8-9,16H,6-7,10-11H2,1-2H3/t16-/m0/s1. The molecule has 1 aliphatic heterocycles. The van der Waals surface area contributed by atoms with Crippen molar-refractivity contribution in [3.63, 3.8) is 0 Å². The maximum absolute atomic E-state index is 12.9. The van der Waals surface area contributed by atoms with E-state index >= 15 is 0 Å². The van der Waals surface area contributed by atoms with E-state index in [2.05, 4.69) is 15.5 Å². The first-order chi connectivity index (χ1) is 14.2. The Balaban J connectivity index is 1.51. The third kappa shape index (κ3) is 4.17. The molecule has 30 heavy (non-hydrogen) atoms. The van der Waals surface area contributed by atoms with Crippen LogP contribution in [0.1, 0.15) is 34.2 Å². The smallest absolute Gasteiger partial charge is 0.214 e. The van der Waals surface area contributed by atoms with E-state index in [1.807, 2.05) is 30.5 Å². The fraction of sp³-hybridized carbons (Fsp3) is 0.368. The Morgan fingerprint density at radius 2 is 2.10 bits per heavy atom. The minimum atomic E-state index is -3.01. The molecule has 3 heterocycles. The first-order valence-corrected chi connectivity index (χ1v) is 12.5. The van der Waals surface area contributed by atoms with Crippen LogP contribution in [0.15, 0.2) is 35.5 Å². The molecule has 0 amide bonds. The molecule has 11 heteroatoms. The zero-order valence-electron chi connectivity index (χ0n) is 16.4. The lowest BCUT2D eigenvalue weighted by Gasteiger charge is -2.16. The largest absolute Gasteiger partial charge is 0.344 e. The third-order valence-corrected chi connectivity index (χ3v) is 8.09. The molecule has 0 unspecified atom stereocenters. The molecular weight excluding hydrogens is 446 g/mol. The number of rotatable bonds is 6. The lowest BCUT2D eigenvalue weighted by molar-refractivity contribution is 0.102. The fourth-order valence-corrected chi connectivity index (χ4v) is 6.51. The highest BCUT2D eigenvalue weighted by atomic mass is 35.5. The van der Waals surface area contributed by atoms with E-state index < -0.39 is 9.84 Å². The van der Waals surface area contributed by atoms with Crippen LogP contribution in [0.25, 0.3) is 5.69 Å². The molecule has 0 radical (unpaired) electrons. The summed E-state index contributed by atoms with van der Waals surface area (Å²) < 4.78 is 27.3. The number of aromatic nitrogens is 5. The fourth-order valence-electron chi connectivity index (χ4n) is 3.85. The molecule has 1 aliphatic rings. The number of aryl methyl sites for hydroxylation is 1. The van der Waals surface area contributed by atoms with Gasteiger partial charge in [-0.25, -0.2) is 8.42 Å². The molecule has 3 aromatic rings. The van der Waals surface area contributed by atoms with Crippen LogP contribution in [0.3, 0.4) is 0 Å².